The molecule has 17 heavy (non-hydrogen) atoms. The van der Waals surface area contributed by atoms with E-state index in [1.54, 1.807) is 7.11 Å². The van der Waals surface area contributed by atoms with E-state index in [0.717, 1.165) is 23.1 Å². The van der Waals surface area contributed by atoms with Gasteiger partial charge in [0.15, 0.2) is 0 Å². The van der Waals surface area contributed by atoms with Gasteiger partial charge < -0.3 is 15.8 Å². The third kappa shape index (κ3) is 3.21. The number of nitrogens with one attached hydrogen (secondary N) is 1. The third-order valence-electron chi connectivity index (χ3n) is 3.38. The predicted octanol–water partition coefficient (Wildman–Crippen LogP) is 2.69. The smallest absolute Gasteiger partial charge is 0.0724 e. The van der Waals surface area contributed by atoms with E-state index in [0.29, 0.717) is 12.1 Å². The van der Waals surface area contributed by atoms with Gasteiger partial charge in [-0.2, -0.15) is 0 Å². The summed E-state index contributed by atoms with van der Waals surface area (Å²) in [5.41, 5.74) is 7.86. The molecule has 1 aliphatic rings. The van der Waals surface area contributed by atoms with Crippen LogP contribution in [0.1, 0.15) is 24.8 Å². The van der Waals surface area contributed by atoms with Crippen LogP contribution in [0.4, 0.5) is 5.69 Å². The minimum absolute atomic E-state index is 0.364. The number of hydrogen-bond donors (Lipinski definition) is 2. The Morgan fingerprint density at radius 1 is 1.47 bits per heavy atom. The molecule has 2 unspecified atom stereocenters. The first-order valence-corrected chi connectivity index (χ1v) is 6.80. The summed E-state index contributed by atoms with van der Waals surface area (Å²) < 4.78 is 6.42. The van der Waals surface area contributed by atoms with Gasteiger partial charge in [0.1, 0.15) is 0 Å². The summed E-state index contributed by atoms with van der Waals surface area (Å²) in [6.45, 7) is 0.849. The molecule has 94 valence electrons. The van der Waals surface area contributed by atoms with Gasteiger partial charge in [-0.25, -0.2) is 0 Å². The van der Waals surface area contributed by atoms with Gasteiger partial charge >= 0.3 is 0 Å². The first-order chi connectivity index (χ1) is 8.20. The Bertz CT molecular complexity index is 384. The second-order valence-electron chi connectivity index (χ2n) is 4.55. The minimum Gasteiger partial charge on any atom is -0.398 e. The van der Waals surface area contributed by atoms with Crippen molar-refractivity contribution in [1.82, 2.24) is 5.32 Å². The molecule has 0 bridgehead atoms. The molecule has 3 N–H and O–H groups in total. The molecule has 4 heteroatoms. The maximum Gasteiger partial charge on any atom is 0.0724 e. The Morgan fingerprint density at radius 3 is 3.00 bits per heavy atom. The van der Waals surface area contributed by atoms with Gasteiger partial charge in [0.2, 0.25) is 0 Å². The Balaban J connectivity index is 1.91. The highest BCUT2D eigenvalue weighted by molar-refractivity contribution is 9.10. The lowest BCUT2D eigenvalue weighted by Crippen LogP contribution is -2.36. The van der Waals surface area contributed by atoms with E-state index in [1.165, 1.54) is 18.4 Å². The van der Waals surface area contributed by atoms with Crippen molar-refractivity contribution in [3.8, 4) is 0 Å². The lowest BCUT2D eigenvalue weighted by atomic mass is 10.1. The monoisotopic (exact) mass is 298 g/mol. The molecule has 1 aromatic carbocycles. The van der Waals surface area contributed by atoms with Crippen molar-refractivity contribution in [2.24, 2.45) is 0 Å². The van der Waals surface area contributed by atoms with Gasteiger partial charge in [-0.1, -0.05) is 6.07 Å². The first-order valence-electron chi connectivity index (χ1n) is 6.01. The van der Waals surface area contributed by atoms with Crippen molar-refractivity contribution < 1.29 is 4.74 Å². The normalized spacial score (nSPS) is 24.1. The van der Waals surface area contributed by atoms with E-state index in [2.05, 4.69) is 27.3 Å². The van der Waals surface area contributed by atoms with E-state index in [-0.39, 0.29) is 0 Å². The van der Waals surface area contributed by atoms with Crippen molar-refractivity contribution >= 4 is 21.6 Å². The molecule has 1 saturated carbocycles. The number of nitrogen functional groups attached to an aromatic ring is 1. The number of benzene rings is 1. The third-order valence-corrected chi connectivity index (χ3v) is 4.11. The van der Waals surface area contributed by atoms with Crippen LogP contribution in [-0.4, -0.2) is 19.3 Å². The zero-order valence-corrected chi connectivity index (χ0v) is 11.7. The highest BCUT2D eigenvalue weighted by Gasteiger charge is 2.26. The summed E-state index contributed by atoms with van der Waals surface area (Å²) in [4.78, 5) is 0. The average molecular weight is 299 g/mol. The van der Waals surface area contributed by atoms with Crippen molar-refractivity contribution in [2.45, 2.75) is 38.0 Å². The Morgan fingerprint density at radius 2 is 2.29 bits per heavy atom. The average Bonchev–Trinajstić information content (AvgIpc) is 2.78. The SMILES string of the molecule is COC1CCCC1NCc1ccc(Br)c(N)c1. The molecule has 0 radical (unpaired) electrons. The topological polar surface area (TPSA) is 47.3 Å². The first kappa shape index (κ1) is 12.9. The largest absolute Gasteiger partial charge is 0.398 e. The van der Waals surface area contributed by atoms with Crippen LogP contribution in [0.2, 0.25) is 0 Å². The summed E-state index contributed by atoms with van der Waals surface area (Å²) in [6, 6.07) is 6.57. The zero-order chi connectivity index (χ0) is 12.3. The lowest BCUT2D eigenvalue weighted by Gasteiger charge is -2.19. The van der Waals surface area contributed by atoms with Crippen LogP contribution < -0.4 is 11.1 Å². The molecule has 1 fully saturated rings. The number of anilines is 1. The number of hydrogen-bond acceptors (Lipinski definition) is 3. The number of methoxy groups -OCH3 is 1. The van der Waals surface area contributed by atoms with Gasteiger partial charge in [0, 0.05) is 29.9 Å². The summed E-state index contributed by atoms with van der Waals surface area (Å²) in [6.07, 6.45) is 3.97. The summed E-state index contributed by atoms with van der Waals surface area (Å²) in [5, 5.41) is 3.55. The van der Waals surface area contributed by atoms with Crippen molar-refractivity contribution in [3.63, 3.8) is 0 Å². The zero-order valence-electron chi connectivity index (χ0n) is 10.1. The molecule has 1 aromatic rings. The molecular weight excluding hydrogens is 280 g/mol. The number of nitrogens with two attached hydrogens (primary N) is 1. The number of rotatable bonds is 4. The maximum absolute atomic E-state index is 5.86. The van der Waals surface area contributed by atoms with Gasteiger partial charge in [0.25, 0.3) is 0 Å². The standard InChI is InChI=1S/C13H19BrN2O/c1-17-13-4-2-3-12(13)16-8-9-5-6-10(14)11(15)7-9/h5-7,12-13,16H,2-4,8,15H2,1H3. The molecule has 2 atom stereocenters. The van der Waals surface area contributed by atoms with Crippen LogP contribution in [0.5, 0.6) is 0 Å². The van der Waals surface area contributed by atoms with Crippen LogP contribution in [0.15, 0.2) is 22.7 Å². The molecule has 3 nitrogen and oxygen atoms in total. The van der Waals surface area contributed by atoms with Gasteiger partial charge in [-0.15, -0.1) is 0 Å². The lowest BCUT2D eigenvalue weighted by molar-refractivity contribution is 0.0847. The molecule has 2 rings (SSSR count). The highest BCUT2D eigenvalue weighted by Crippen LogP contribution is 2.23. The van der Waals surface area contributed by atoms with Crippen LogP contribution >= 0.6 is 15.9 Å². The second-order valence-corrected chi connectivity index (χ2v) is 5.40. The van der Waals surface area contributed by atoms with Crippen molar-refractivity contribution in [1.29, 1.82) is 0 Å². The fraction of sp³-hybridized carbons (Fsp3) is 0.538. The van der Waals surface area contributed by atoms with E-state index < -0.39 is 0 Å². The maximum atomic E-state index is 5.86. The van der Waals surface area contributed by atoms with E-state index in [1.807, 2.05) is 12.1 Å². The Hall–Kier alpha value is -0.580. The molecule has 0 heterocycles. The van der Waals surface area contributed by atoms with Crippen LogP contribution in [0, 0.1) is 0 Å². The molecular formula is C13H19BrN2O. The molecule has 1 aliphatic carbocycles. The number of ether oxygens (including phenoxy) is 1. The Labute approximate surface area is 111 Å². The Kier molecular flexibility index (Phi) is 4.42. The van der Waals surface area contributed by atoms with Crippen LogP contribution in [-0.2, 0) is 11.3 Å². The molecule has 0 saturated heterocycles. The number of halogens is 1. The summed E-state index contributed by atoms with van der Waals surface area (Å²) >= 11 is 3.40. The molecule has 0 amide bonds. The quantitative estimate of drug-likeness (QED) is 0.840. The fourth-order valence-corrected chi connectivity index (χ4v) is 2.64. The molecule has 0 spiro atoms. The van der Waals surface area contributed by atoms with Crippen molar-refractivity contribution in [2.75, 3.05) is 12.8 Å². The summed E-state index contributed by atoms with van der Waals surface area (Å²) in [5.74, 6) is 0. The van der Waals surface area contributed by atoms with Crippen LogP contribution in [0.3, 0.4) is 0 Å². The minimum atomic E-state index is 0.364. The fourth-order valence-electron chi connectivity index (χ4n) is 2.39. The summed E-state index contributed by atoms with van der Waals surface area (Å²) in [7, 11) is 1.79. The van der Waals surface area contributed by atoms with Gasteiger partial charge in [-0.3, -0.25) is 0 Å². The predicted molar refractivity (Wildman–Crippen MR) is 73.8 cm³/mol. The second kappa shape index (κ2) is 5.85. The van der Waals surface area contributed by atoms with Crippen LogP contribution in [0.25, 0.3) is 0 Å². The molecule has 0 aromatic heterocycles. The van der Waals surface area contributed by atoms with E-state index in [9.17, 15) is 0 Å². The van der Waals surface area contributed by atoms with Gasteiger partial charge in [0.05, 0.1) is 6.10 Å². The van der Waals surface area contributed by atoms with E-state index in [4.69, 9.17) is 10.5 Å². The van der Waals surface area contributed by atoms with Crippen molar-refractivity contribution in [3.05, 3.63) is 28.2 Å². The van der Waals surface area contributed by atoms with Gasteiger partial charge in [-0.05, 0) is 52.9 Å². The van der Waals surface area contributed by atoms with E-state index >= 15 is 0 Å². The highest BCUT2D eigenvalue weighted by atomic mass is 79.9. The molecule has 0 aliphatic heterocycles.